The summed E-state index contributed by atoms with van der Waals surface area (Å²) in [7, 11) is 0. The van der Waals surface area contributed by atoms with Gasteiger partial charge in [-0.1, -0.05) is 25.2 Å². The van der Waals surface area contributed by atoms with Crippen molar-refractivity contribution in [1.29, 1.82) is 0 Å². The predicted octanol–water partition coefficient (Wildman–Crippen LogP) is 1.50. The Labute approximate surface area is 94.7 Å². The van der Waals surface area contributed by atoms with Crippen LogP contribution in [-0.2, 0) is 0 Å². The lowest BCUT2D eigenvalue weighted by molar-refractivity contribution is 0.523. The molecule has 84 valence electrons. The minimum atomic E-state index is 0.557. The van der Waals surface area contributed by atoms with Gasteiger partial charge in [0.1, 0.15) is 5.51 Å². The third-order valence-corrected chi connectivity index (χ3v) is 3.46. The normalized spacial score (nSPS) is 21.5. The molecule has 0 saturated carbocycles. The number of anilines is 1. The topological polar surface area (TPSA) is 41.0 Å². The fourth-order valence-electron chi connectivity index (χ4n) is 1.96. The van der Waals surface area contributed by atoms with Crippen molar-refractivity contribution >= 4 is 16.5 Å². The van der Waals surface area contributed by atoms with Gasteiger partial charge < -0.3 is 10.2 Å². The molecule has 15 heavy (non-hydrogen) atoms. The van der Waals surface area contributed by atoms with Gasteiger partial charge in [-0.3, -0.25) is 0 Å². The fourth-order valence-corrected chi connectivity index (χ4v) is 2.62. The highest BCUT2D eigenvalue weighted by atomic mass is 32.1. The summed E-state index contributed by atoms with van der Waals surface area (Å²) in [5.74, 6) is 0. The first kappa shape index (κ1) is 10.8. The Bertz CT molecular complexity index is 286. The SMILES string of the molecule is CC(C)NCC1CCCN1c1nncs1. The van der Waals surface area contributed by atoms with Gasteiger partial charge in [0.25, 0.3) is 0 Å². The lowest BCUT2D eigenvalue weighted by Crippen LogP contribution is -2.40. The number of nitrogens with zero attached hydrogens (tertiary/aromatic N) is 3. The first-order valence-electron chi connectivity index (χ1n) is 5.53. The zero-order chi connectivity index (χ0) is 10.7. The predicted molar refractivity (Wildman–Crippen MR) is 63.4 cm³/mol. The number of hydrogen-bond donors (Lipinski definition) is 1. The number of hydrogen-bond acceptors (Lipinski definition) is 5. The standard InChI is InChI=1S/C10H18N4S/c1-8(2)11-6-9-4-3-5-14(9)10-13-12-7-15-10/h7-9,11H,3-6H2,1-2H3. The van der Waals surface area contributed by atoms with Gasteiger partial charge in [0.2, 0.25) is 5.13 Å². The number of aromatic nitrogens is 2. The van der Waals surface area contributed by atoms with Crippen molar-refractivity contribution in [3.05, 3.63) is 5.51 Å². The maximum absolute atomic E-state index is 4.14. The van der Waals surface area contributed by atoms with Crippen LogP contribution in [0.5, 0.6) is 0 Å². The maximum atomic E-state index is 4.14. The molecule has 0 spiro atoms. The Morgan fingerprint density at radius 2 is 2.53 bits per heavy atom. The highest BCUT2D eigenvalue weighted by molar-refractivity contribution is 7.13. The molecule has 1 unspecified atom stereocenters. The number of nitrogens with one attached hydrogen (secondary N) is 1. The summed E-state index contributed by atoms with van der Waals surface area (Å²) in [4.78, 5) is 2.38. The van der Waals surface area contributed by atoms with Gasteiger partial charge in [0.05, 0.1) is 0 Å². The second-order valence-electron chi connectivity index (χ2n) is 4.27. The molecule has 1 N–H and O–H groups in total. The molecule has 0 aromatic carbocycles. The van der Waals surface area contributed by atoms with Crippen LogP contribution in [0.1, 0.15) is 26.7 Å². The molecular weight excluding hydrogens is 208 g/mol. The van der Waals surface area contributed by atoms with Crippen molar-refractivity contribution in [1.82, 2.24) is 15.5 Å². The summed E-state index contributed by atoms with van der Waals surface area (Å²) >= 11 is 1.63. The lowest BCUT2D eigenvalue weighted by atomic mass is 10.2. The second kappa shape index (κ2) is 4.90. The average Bonchev–Trinajstić information content (AvgIpc) is 2.85. The Morgan fingerprint density at radius 1 is 1.67 bits per heavy atom. The van der Waals surface area contributed by atoms with Crippen molar-refractivity contribution in [3.8, 4) is 0 Å². The van der Waals surface area contributed by atoms with E-state index >= 15 is 0 Å². The molecule has 2 heterocycles. The zero-order valence-electron chi connectivity index (χ0n) is 9.31. The van der Waals surface area contributed by atoms with Gasteiger partial charge >= 0.3 is 0 Å². The molecule has 1 fully saturated rings. The van der Waals surface area contributed by atoms with E-state index < -0.39 is 0 Å². The first-order chi connectivity index (χ1) is 7.27. The molecule has 2 rings (SSSR count). The average molecular weight is 226 g/mol. The smallest absolute Gasteiger partial charge is 0.208 e. The lowest BCUT2D eigenvalue weighted by Gasteiger charge is -2.24. The van der Waals surface area contributed by atoms with Gasteiger partial charge in [-0.05, 0) is 12.8 Å². The van der Waals surface area contributed by atoms with Crippen LogP contribution >= 0.6 is 11.3 Å². The molecule has 4 nitrogen and oxygen atoms in total. The molecule has 1 atom stereocenters. The molecule has 0 amide bonds. The van der Waals surface area contributed by atoms with E-state index in [1.165, 1.54) is 12.8 Å². The van der Waals surface area contributed by atoms with Crippen LogP contribution in [0.3, 0.4) is 0 Å². The first-order valence-corrected chi connectivity index (χ1v) is 6.41. The molecule has 1 aliphatic heterocycles. The summed E-state index contributed by atoms with van der Waals surface area (Å²) in [6, 6.07) is 1.15. The molecule has 0 radical (unpaired) electrons. The van der Waals surface area contributed by atoms with Crippen molar-refractivity contribution in [2.45, 2.75) is 38.8 Å². The van der Waals surface area contributed by atoms with Crippen LogP contribution in [0.4, 0.5) is 5.13 Å². The molecule has 1 saturated heterocycles. The molecule has 1 aliphatic rings. The minimum absolute atomic E-state index is 0.557. The molecule has 0 aliphatic carbocycles. The molecule has 1 aromatic rings. The van der Waals surface area contributed by atoms with Crippen LogP contribution in [-0.4, -0.2) is 35.4 Å². The monoisotopic (exact) mass is 226 g/mol. The summed E-state index contributed by atoms with van der Waals surface area (Å²) in [6.07, 6.45) is 2.53. The van der Waals surface area contributed by atoms with Crippen molar-refractivity contribution in [2.75, 3.05) is 18.0 Å². The van der Waals surface area contributed by atoms with Gasteiger partial charge in [0, 0.05) is 25.2 Å². The summed E-state index contributed by atoms with van der Waals surface area (Å²) < 4.78 is 0. The summed E-state index contributed by atoms with van der Waals surface area (Å²) in [6.45, 7) is 6.55. The van der Waals surface area contributed by atoms with E-state index in [9.17, 15) is 0 Å². The minimum Gasteiger partial charge on any atom is -0.342 e. The fraction of sp³-hybridized carbons (Fsp3) is 0.800. The van der Waals surface area contributed by atoms with Crippen LogP contribution in [0.2, 0.25) is 0 Å². The van der Waals surface area contributed by atoms with Crippen molar-refractivity contribution < 1.29 is 0 Å². The third kappa shape index (κ3) is 2.66. The van der Waals surface area contributed by atoms with Gasteiger partial charge in [-0.25, -0.2) is 0 Å². The van der Waals surface area contributed by atoms with Crippen molar-refractivity contribution in [3.63, 3.8) is 0 Å². The highest BCUT2D eigenvalue weighted by Gasteiger charge is 2.26. The molecule has 1 aromatic heterocycles. The Hall–Kier alpha value is -0.680. The zero-order valence-corrected chi connectivity index (χ0v) is 10.1. The van der Waals surface area contributed by atoms with E-state index in [-0.39, 0.29) is 0 Å². The highest BCUT2D eigenvalue weighted by Crippen LogP contribution is 2.25. The van der Waals surface area contributed by atoms with E-state index in [2.05, 4.69) is 34.3 Å². The second-order valence-corrected chi connectivity index (χ2v) is 5.09. The summed E-state index contributed by atoms with van der Waals surface area (Å²) in [5, 5.41) is 12.6. The molecule has 0 bridgehead atoms. The number of rotatable bonds is 4. The van der Waals surface area contributed by atoms with Crippen LogP contribution in [0.15, 0.2) is 5.51 Å². The Kier molecular flexibility index (Phi) is 3.53. The van der Waals surface area contributed by atoms with Crippen LogP contribution in [0.25, 0.3) is 0 Å². The quantitative estimate of drug-likeness (QED) is 0.845. The van der Waals surface area contributed by atoms with E-state index in [4.69, 9.17) is 0 Å². The van der Waals surface area contributed by atoms with Gasteiger partial charge in [-0.2, -0.15) is 0 Å². The maximum Gasteiger partial charge on any atom is 0.208 e. The van der Waals surface area contributed by atoms with Gasteiger partial charge in [-0.15, -0.1) is 10.2 Å². The largest absolute Gasteiger partial charge is 0.342 e. The summed E-state index contributed by atoms with van der Waals surface area (Å²) in [5.41, 5.74) is 1.81. The van der Waals surface area contributed by atoms with E-state index in [0.29, 0.717) is 12.1 Å². The van der Waals surface area contributed by atoms with Gasteiger partial charge in [0.15, 0.2) is 0 Å². The Balaban J connectivity index is 1.93. The van der Waals surface area contributed by atoms with Crippen molar-refractivity contribution in [2.24, 2.45) is 0 Å². The third-order valence-electron chi connectivity index (χ3n) is 2.73. The molecular formula is C10H18N4S. The van der Waals surface area contributed by atoms with Crippen LogP contribution < -0.4 is 10.2 Å². The van der Waals surface area contributed by atoms with E-state index in [1.54, 1.807) is 16.8 Å². The van der Waals surface area contributed by atoms with E-state index in [0.717, 1.165) is 18.2 Å². The Morgan fingerprint density at radius 3 is 3.20 bits per heavy atom. The van der Waals surface area contributed by atoms with E-state index in [1.807, 2.05) is 0 Å². The molecule has 5 heteroatoms. The van der Waals surface area contributed by atoms with Crippen LogP contribution in [0, 0.1) is 0 Å².